The fourth-order valence-electron chi connectivity index (χ4n) is 2.74. The van der Waals surface area contributed by atoms with Crippen molar-refractivity contribution in [2.45, 2.75) is 18.9 Å². The molecule has 4 heteroatoms. The second kappa shape index (κ2) is 4.16. The van der Waals surface area contributed by atoms with E-state index < -0.39 is 0 Å². The molecule has 1 aromatic heterocycles. The number of aryl methyl sites for hydroxylation is 1. The first-order valence-corrected chi connectivity index (χ1v) is 6.50. The lowest BCUT2D eigenvalue weighted by Crippen LogP contribution is -2.08. The smallest absolute Gasteiger partial charge is 0.231 e. The molecule has 19 heavy (non-hydrogen) atoms. The number of hydrogen-bond donors (Lipinski definition) is 1. The molecular weight excluding hydrogens is 240 g/mol. The molecule has 1 unspecified atom stereocenters. The molecule has 1 atom stereocenters. The van der Waals surface area contributed by atoms with E-state index in [-0.39, 0.29) is 6.04 Å². The van der Waals surface area contributed by atoms with Gasteiger partial charge in [-0.25, -0.2) is 0 Å². The van der Waals surface area contributed by atoms with Gasteiger partial charge in [0.25, 0.3) is 0 Å². The Morgan fingerprint density at radius 3 is 3.11 bits per heavy atom. The number of rotatable bonds is 2. The van der Waals surface area contributed by atoms with Crippen LogP contribution in [0.5, 0.6) is 11.5 Å². The minimum atomic E-state index is 0.288. The lowest BCUT2D eigenvalue weighted by atomic mass is 10.2. The van der Waals surface area contributed by atoms with E-state index in [1.54, 1.807) is 0 Å². The largest absolute Gasteiger partial charge is 0.454 e. The average molecular weight is 254 g/mol. The highest BCUT2D eigenvalue weighted by atomic mass is 16.7. The fraction of sp³-hybridized carbons (Fsp3) is 0.267. The van der Waals surface area contributed by atoms with E-state index in [9.17, 15) is 0 Å². The molecule has 0 radical (unpaired) electrons. The average Bonchev–Trinajstić information content (AvgIpc) is 3.06. The first-order chi connectivity index (χ1) is 9.40. The molecule has 0 saturated heterocycles. The van der Waals surface area contributed by atoms with Crippen LogP contribution >= 0.6 is 0 Å². The number of nitrogens with zero attached hydrogens (tertiary/aromatic N) is 1. The van der Waals surface area contributed by atoms with Crippen molar-refractivity contribution in [1.82, 2.24) is 4.98 Å². The van der Waals surface area contributed by atoms with Crippen molar-refractivity contribution in [1.29, 1.82) is 0 Å². The van der Waals surface area contributed by atoms with Crippen molar-refractivity contribution >= 4 is 5.69 Å². The highest BCUT2D eigenvalue weighted by molar-refractivity contribution is 5.56. The molecule has 0 amide bonds. The number of ether oxygens (including phenoxy) is 2. The molecular formula is C15H14N2O2. The van der Waals surface area contributed by atoms with Gasteiger partial charge < -0.3 is 14.8 Å². The van der Waals surface area contributed by atoms with E-state index >= 15 is 0 Å². The molecule has 0 saturated carbocycles. The zero-order valence-corrected chi connectivity index (χ0v) is 10.4. The van der Waals surface area contributed by atoms with Gasteiger partial charge in [-0.2, -0.15) is 0 Å². The standard InChI is InChI=1S/C15H14N2O2/c1-2-10-3-5-12(15(10)16-7-1)17-11-4-6-13-14(8-11)19-9-18-13/h1-2,4,6-8,12,17H,3,5,9H2. The number of aromatic nitrogens is 1. The molecule has 0 fully saturated rings. The van der Waals surface area contributed by atoms with Crippen LogP contribution in [0.15, 0.2) is 36.5 Å². The molecule has 1 aliphatic carbocycles. The molecule has 1 N–H and O–H groups in total. The maximum atomic E-state index is 5.40. The predicted molar refractivity (Wildman–Crippen MR) is 71.5 cm³/mol. The van der Waals surface area contributed by atoms with Crippen molar-refractivity contribution in [3.05, 3.63) is 47.8 Å². The topological polar surface area (TPSA) is 43.4 Å². The maximum absolute atomic E-state index is 5.40. The van der Waals surface area contributed by atoms with Gasteiger partial charge in [-0.3, -0.25) is 4.98 Å². The summed E-state index contributed by atoms with van der Waals surface area (Å²) < 4.78 is 10.7. The number of anilines is 1. The van der Waals surface area contributed by atoms with Crippen LogP contribution in [0, 0.1) is 0 Å². The summed E-state index contributed by atoms with van der Waals surface area (Å²) in [5, 5.41) is 3.53. The summed E-state index contributed by atoms with van der Waals surface area (Å²) in [6, 6.07) is 10.4. The first kappa shape index (κ1) is 10.7. The summed E-state index contributed by atoms with van der Waals surface area (Å²) in [7, 11) is 0. The molecule has 1 aliphatic heterocycles. The predicted octanol–water partition coefficient (Wildman–Crippen LogP) is 2.91. The molecule has 2 aromatic rings. The maximum Gasteiger partial charge on any atom is 0.231 e. The highest BCUT2D eigenvalue weighted by Gasteiger charge is 2.24. The molecule has 2 heterocycles. The Labute approximate surface area is 111 Å². The van der Waals surface area contributed by atoms with Gasteiger partial charge in [-0.15, -0.1) is 0 Å². The summed E-state index contributed by atoms with van der Waals surface area (Å²) >= 11 is 0. The Morgan fingerprint density at radius 2 is 2.11 bits per heavy atom. The lowest BCUT2D eigenvalue weighted by molar-refractivity contribution is 0.174. The Bertz CT molecular complexity index is 627. The van der Waals surface area contributed by atoms with Crippen molar-refractivity contribution in [2.75, 3.05) is 12.1 Å². The Kier molecular flexibility index (Phi) is 2.33. The van der Waals surface area contributed by atoms with Crippen molar-refractivity contribution < 1.29 is 9.47 Å². The molecule has 4 rings (SSSR count). The Balaban J connectivity index is 1.60. The summed E-state index contributed by atoms with van der Waals surface area (Å²) in [5.74, 6) is 1.62. The third-order valence-corrected chi connectivity index (χ3v) is 3.67. The quantitative estimate of drug-likeness (QED) is 0.894. The van der Waals surface area contributed by atoms with E-state index in [2.05, 4.69) is 16.4 Å². The third-order valence-electron chi connectivity index (χ3n) is 3.67. The SMILES string of the molecule is c1cnc2c(c1)CCC2Nc1ccc2c(c1)OCO2. The van der Waals surface area contributed by atoms with Gasteiger partial charge in [0, 0.05) is 18.0 Å². The van der Waals surface area contributed by atoms with Crippen LogP contribution in [0.2, 0.25) is 0 Å². The van der Waals surface area contributed by atoms with Gasteiger partial charge in [0.2, 0.25) is 6.79 Å². The fourth-order valence-corrected chi connectivity index (χ4v) is 2.74. The lowest BCUT2D eigenvalue weighted by Gasteiger charge is -2.14. The van der Waals surface area contributed by atoms with Gasteiger partial charge in [0.1, 0.15) is 0 Å². The Morgan fingerprint density at radius 1 is 1.16 bits per heavy atom. The van der Waals surface area contributed by atoms with Crippen molar-refractivity contribution in [2.24, 2.45) is 0 Å². The number of fused-ring (bicyclic) bond motifs is 2. The Hall–Kier alpha value is -2.23. The van der Waals surface area contributed by atoms with E-state index in [1.807, 2.05) is 30.5 Å². The monoisotopic (exact) mass is 254 g/mol. The third kappa shape index (κ3) is 1.80. The number of hydrogen-bond acceptors (Lipinski definition) is 4. The molecule has 4 nitrogen and oxygen atoms in total. The second-order valence-electron chi connectivity index (χ2n) is 4.85. The van der Waals surface area contributed by atoms with Crippen LogP contribution in [0.25, 0.3) is 0 Å². The second-order valence-corrected chi connectivity index (χ2v) is 4.85. The minimum absolute atomic E-state index is 0.288. The zero-order valence-electron chi connectivity index (χ0n) is 10.4. The highest BCUT2D eigenvalue weighted by Crippen LogP contribution is 2.37. The van der Waals surface area contributed by atoms with Gasteiger partial charge in [0.15, 0.2) is 11.5 Å². The zero-order chi connectivity index (χ0) is 12.7. The van der Waals surface area contributed by atoms with Crippen LogP contribution in [0.3, 0.4) is 0 Å². The molecule has 0 spiro atoms. The number of pyridine rings is 1. The summed E-state index contributed by atoms with van der Waals surface area (Å²) in [5.41, 5.74) is 3.56. The molecule has 0 bridgehead atoms. The van der Waals surface area contributed by atoms with E-state index in [0.717, 1.165) is 30.0 Å². The summed E-state index contributed by atoms with van der Waals surface area (Å²) in [4.78, 5) is 4.49. The van der Waals surface area contributed by atoms with Gasteiger partial charge in [0.05, 0.1) is 11.7 Å². The summed E-state index contributed by atoms with van der Waals surface area (Å²) in [6.07, 6.45) is 4.03. The summed E-state index contributed by atoms with van der Waals surface area (Å²) in [6.45, 7) is 0.312. The molecule has 96 valence electrons. The minimum Gasteiger partial charge on any atom is -0.454 e. The van der Waals surface area contributed by atoms with E-state index in [0.29, 0.717) is 6.79 Å². The van der Waals surface area contributed by atoms with Gasteiger partial charge >= 0.3 is 0 Å². The van der Waals surface area contributed by atoms with E-state index in [1.165, 1.54) is 11.3 Å². The van der Waals surface area contributed by atoms with Crippen molar-refractivity contribution in [3.63, 3.8) is 0 Å². The molecule has 2 aliphatic rings. The van der Waals surface area contributed by atoms with Crippen LogP contribution in [-0.4, -0.2) is 11.8 Å². The molecule has 1 aromatic carbocycles. The van der Waals surface area contributed by atoms with Crippen molar-refractivity contribution in [3.8, 4) is 11.5 Å². The van der Waals surface area contributed by atoms with E-state index in [4.69, 9.17) is 9.47 Å². The van der Waals surface area contributed by atoms with Gasteiger partial charge in [-0.1, -0.05) is 6.07 Å². The van der Waals surface area contributed by atoms with Crippen LogP contribution in [-0.2, 0) is 6.42 Å². The number of nitrogens with one attached hydrogen (secondary N) is 1. The van der Waals surface area contributed by atoms with Gasteiger partial charge in [-0.05, 0) is 36.6 Å². The first-order valence-electron chi connectivity index (χ1n) is 6.50. The van der Waals surface area contributed by atoms with Crippen LogP contribution in [0.4, 0.5) is 5.69 Å². The van der Waals surface area contributed by atoms with Crippen LogP contribution < -0.4 is 14.8 Å². The van der Waals surface area contributed by atoms with Crippen LogP contribution in [0.1, 0.15) is 23.7 Å². The number of benzene rings is 1. The normalized spacial score (nSPS) is 19.3.